The summed E-state index contributed by atoms with van der Waals surface area (Å²) in [6.07, 6.45) is 0.106. The molecule has 0 aliphatic heterocycles. The lowest BCUT2D eigenvalue weighted by molar-refractivity contribution is -0.147. The second-order valence-electron chi connectivity index (χ2n) is 5.53. The van der Waals surface area contributed by atoms with Gasteiger partial charge < -0.3 is 14.8 Å². The minimum Gasteiger partial charge on any atom is -0.456 e. The Morgan fingerprint density at radius 3 is 2.52 bits per heavy atom. The lowest BCUT2D eigenvalue weighted by atomic mass is 10.2. The van der Waals surface area contributed by atoms with Gasteiger partial charge in [-0.3, -0.25) is 9.59 Å². The fourth-order valence-corrected chi connectivity index (χ4v) is 3.68. The van der Waals surface area contributed by atoms with Crippen LogP contribution in [0.25, 0.3) is 0 Å². The highest BCUT2D eigenvalue weighted by molar-refractivity contribution is 7.89. The minimum absolute atomic E-state index is 0.00672. The Bertz CT molecular complexity index is 928. The number of aromatic nitrogens is 1. The number of rotatable bonds is 8. The first kappa shape index (κ1) is 21.4. The van der Waals surface area contributed by atoms with Gasteiger partial charge in [-0.25, -0.2) is 8.42 Å². The molecule has 0 amide bonds. The zero-order valence-corrected chi connectivity index (χ0v) is 16.3. The molecular weight excluding hydrogens is 419 g/mol. The van der Waals surface area contributed by atoms with Crippen LogP contribution in [0.3, 0.4) is 0 Å². The van der Waals surface area contributed by atoms with Crippen LogP contribution in [0.2, 0.25) is 10.0 Å². The molecule has 1 heterocycles. The van der Waals surface area contributed by atoms with Gasteiger partial charge in [-0.05, 0) is 37.3 Å². The molecule has 0 spiro atoms. The number of hydrogen-bond acceptors (Lipinski definition) is 6. The zero-order valence-electron chi connectivity index (χ0n) is 14.0. The maximum Gasteiger partial charge on any atom is 0.327 e. The summed E-state index contributed by atoms with van der Waals surface area (Å²) in [7, 11) is -4.22. The van der Waals surface area contributed by atoms with Crippen molar-refractivity contribution in [1.29, 1.82) is 0 Å². The molecule has 0 saturated carbocycles. The van der Waals surface area contributed by atoms with Gasteiger partial charge in [0.15, 0.2) is 6.61 Å². The quantitative estimate of drug-likeness (QED) is 0.429. The summed E-state index contributed by atoms with van der Waals surface area (Å²) in [6.45, 7) is 0.590. The minimum atomic E-state index is -4.22. The maximum absolute atomic E-state index is 12.4. The van der Waals surface area contributed by atoms with E-state index in [0.29, 0.717) is 0 Å². The number of halogens is 2. The fraction of sp³-hybridized carbons (Fsp3) is 0.250. The van der Waals surface area contributed by atoms with Gasteiger partial charge in [-0.1, -0.05) is 23.2 Å². The van der Waals surface area contributed by atoms with Crippen molar-refractivity contribution in [3.63, 3.8) is 0 Å². The third-order valence-electron chi connectivity index (χ3n) is 3.46. The summed E-state index contributed by atoms with van der Waals surface area (Å²) in [5.41, 5.74) is 0.229. The van der Waals surface area contributed by atoms with Gasteiger partial charge in [-0.2, -0.15) is 4.72 Å². The Kier molecular flexibility index (Phi) is 7.01. The molecule has 2 atom stereocenters. The number of ether oxygens (including phenoxy) is 1. The van der Waals surface area contributed by atoms with Crippen molar-refractivity contribution >= 4 is 45.0 Å². The number of carbonyl (C=O) groups is 2. The first-order chi connectivity index (χ1) is 12.6. The molecule has 2 rings (SSSR count). The second kappa shape index (κ2) is 8.85. The van der Waals surface area contributed by atoms with Crippen LogP contribution >= 0.6 is 23.2 Å². The van der Waals surface area contributed by atoms with Crippen LogP contribution in [0.15, 0.2) is 41.4 Å². The molecule has 27 heavy (non-hydrogen) atoms. The van der Waals surface area contributed by atoms with Crippen LogP contribution in [0, 0.1) is 0 Å². The molecule has 8 nitrogen and oxygen atoms in total. The molecule has 0 bridgehead atoms. The Morgan fingerprint density at radius 1 is 1.26 bits per heavy atom. The van der Waals surface area contributed by atoms with E-state index >= 15 is 0 Å². The fourth-order valence-electron chi connectivity index (χ4n) is 2.03. The number of carbonyl (C=O) groups excluding carboxylic acids is 2. The van der Waals surface area contributed by atoms with Gasteiger partial charge in [0.2, 0.25) is 15.8 Å². The largest absolute Gasteiger partial charge is 0.456 e. The summed E-state index contributed by atoms with van der Waals surface area (Å²) in [6, 6.07) is 5.04. The average Bonchev–Trinajstić information content (AvgIpc) is 3.14. The molecule has 0 radical (unpaired) electrons. The normalized spacial score (nSPS) is 13.8. The van der Waals surface area contributed by atoms with Crippen molar-refractivity contribution in [3.8, 4) is 0 Å². The van der Waals surface area contributed by atoms with Crippen LogP contribution in [-0.4, -0.2) is 49.0 Å². The molecule has 2 aromatic rings. The first-order valence-electron chi connectivity index (χ1n) is 7.60. The van der Waals surface area contributed by atoms with Crippen LogP contribution in [0.1, 0.15) is 17.4 Å². The summed E-state index contributed by atoms with van der Waals surface area (Å²) in [5, 5.41) is 9.94. The molecule has 0 saturated heterocycles. The van der Waals surface area contributed by atoms with E-state index in [2.05, 4.69) is 4.98 Å². The third kappa shape index (κ3) is 5.53. The van der Waals surface area contributed by atoms with Crippen LogP contribution in [0.5, 0.6) is 0 Å². The molecule has 146 valence electrons. The number of hydrogen-bond donors (Lipinski definition) is 3. The number of ketones is 1. The number of Topliss-reactive ketones (excluding diaryl/α,β-unsaturated/α-hetero) is 1. The summed E-state index contributed by atoms with van der Waals surface area (Å²) < 4.78 is 31.7. The smallest absolute Gasteiger partial charge is 0.327 e. The molecule has 0 aliphatic carbocycles. The number of sulfonamides is 1. The van der Waals surface area contributed by atoms with E-state index < -0.39 is 40.5 Å². The number of H-pyrrole nitrogens is 1. The molecule has 0 aliphatic rings. The molecule has 1 aromatic carbocycles. The number of aromatic amines is 1. The van der Waals surface area contributed by atoms with E-state index in [9.17, 15) is 23.1 Å². The van der Waals surface area contributed by atoms with Crippen molar-refractivity contribution in [3.05, 3.63) is 52.3 Å². The predicted molar refractivity (Wildman–Crippen MR) is 98.3 cm³/mol. The van der Waals surface area contributed by atoms with E-state index in [1.54, 1.807) is 6.07 Å². The van der Waals surface area contributed by atoms with Gasteiger partial charge in [0.25, 0.3) is 0 Å². The number of esters is 1. The Hall–Kier alpha value is -1.91. The molecule has 11 heteroatoms. The topological polar surface area (TPSA) is 126 Å². The van der Waals surface area contributed by atoms with Crippen LogP contribution in [-0.2, 0) is 19.6 Å². The zero-order chi connectivity index (χ0) is 20.2. The molecular formula is C16H16Cl2N2O6S. The van der Waals surface area contributed by atoms with Crippen molar-refractivity contribution in [2.24, 2.45) is 0 Å². The summed E-state index contributed by atoms with van der Waals surface area (Å²) in [4.78, 5) is 26.4. The Labute approximate surface area is 165 Å². The highest BCUT2D eigenvalue weighted by atomic mass is 35.5. The first-order valence-corrected chi connectivity index (χ1v) is 9.84. The maximum atomic E-state index is 12.4. The number of nitrogens with one attached hydrogen (secondary N) is 2. The van der Waals surface area contributed by atoms with E-state index in [1.807, 2.05) is 4.72 Å². The summed E-state index contributed by atoms with van der Waals surface area (Å²) in [5.74, 6) is -1.61. The van der Waals surface area contributed by atoms with Gasteiger partial charge in [0.1, 0.15) is 6.04 Å². The highest BCUT2D eigenvalue weighted by Crippen LogP contribution is 2.25. The van der Waals surface area contributed by atoms with Gasteiger partial charge in [-0.15, -0.1) is 0 Å². The molecule has 2 unspecified atom stereocenters. The lowest BCUT2D eigenvalue weighted by Crippen LogP contribution is -2.48. The van der Waals surface area contributed by atoms with E-state index in [0.717, 1.165) is 6.07 Å². The highest BCUT2D eigenvalue weighted by Gasteiger charge is 2.31. The number of aliphatic hydroxyl groups is 1. The van der Waals surface area contributed by atoms with Gasteiger partial charge >= 0.3 is 5.97 Å². The van der Waals surface area contributed by atoms with Gasteiger partial charge in [0.05, 0.1) is 26.7 Å². The van der Waals surface area contributed by atoms with Crippen molar-refractivity contribution < 1.29 is 27.9 Å². The Balaban J connectivity index is 2.10. The third-order valence-corrected chi connectivity index (χ3v) is 5.64. The van der Waals surface area contributed by atoms with E-state index in [-0.39, 0.29) is 20.6 Å². The average molecular weight is 435 g/mol. The van der Waals surface area contributed by atoms with Gasteiger partial charge in [0, 0.05) is 6.20 Å². The molecule has 1 aromatic heterocycles. The number of benzene rings is 1. The standard InChI is InChI=1S/C16H16Cl2N2O6S/c1-9(21)15(16(23)26-8-14(22)13-3-2-6-19-13)20-27(24,25)10-4-5-11(17)12(18)7-10/h2-7,9,15,19-21H,8H2,1H3. The second-order valence-corrected chi connectivity index (χ2v) is 8.06. The Morgan fingerprint density at radius 2 is 1.96 bits per heavy atom. The van der Waals surface area contributed by atoms with Crippen LogP contribution < -0.4 is 4.72 Å². The van der Waals surface area contributed by atoms with Crippen LogP contribution in [0.4, 0.5) is 0 Å². The summed E-state index contributed by atoms with van der Waals surface area (Å²) >= 11 is 11.6. The van der Waals surface area contributed by atoms with E-state index in [1.165, 1.54) is 31.3 Å². The monoisotopic (exact) mass is 434 g/mol. The van der Waals surface area contributed by atoms with Crippen molar-refractivity contribution in [2.45, 2.75) is 24.0 Å². The predicted octanol–water partition coefficient (Wildman–Crippen LogP) is 1.78. The van der Waals surface area contributed by atoms with Crippen molar-refractivity contribution in [2.75, 3.05) is 6.61 Å². The number of aliphatic hydroxyl groups excluding tert-OH is 1. The molecule has 0 fully saturated rings. The lowest BCUT2D eigenvalue weighted by Gasteiger charge is -2.20. The van der Waals surface area contributed by atoms with E-state index in [4.69, 9.17) is 27.9 Å². The SMILES string of the molecule is CC(O)C(NS(=O)(=O)c1ccc(Cl)c(Cl)c1)C(=O)OCC(=O)c1ccc[nH]1. The van der Waals surface area contributed by atoms with Crippen molar-refractivity contribution in [1.82, 2.24) is 9.71 Å². The molecule has 3 N–H and O–H groups in total.